The lowest BCUT2D eigenvalue weighted by Gasteiger charge is -2.31. The molecule has 1 N–H and O–H groups in total. The van der Waals surface area contributed by atoms with Crippen LogP contribution in [0.1, 0.15) is 42.3 Å². The second-order valence-corrected chi connectivity index (χ2v) is 8.07. The Kier molecular flexibility index (Phi) is 7.10. The van der Waals surface area contributed by atoms with Gasteiger partial charge in [0.15, 0.2) is 0 Å². The number of nitro groups is 1. The van der Waals surface area contributed by atoms with Gasteiger partial charge in [0.2, 0.25) is 0 Å². The van der Waals surface area contributed by atoms with Crippen LogP contribution in [0.15, 0.2) is 46.6 Å². The van der Waals surface area contributed by atoms with Gasteiger partial charge in [0.1, 0.15) is 5.92 Å². The molecule has 0 amide bonds. The van der Waals surface area contributed by atoms with Crippen LogP contribution < -0.4 is 0 Å². The number of hydrogen-bond donors (Lipinski definition) is 1. The summed E-state index contributed by atoms with van der Waals surface area (Å²) in [5.74, 6) is -2.92. The van der Waals surface area contributed by atoms with Gasteiger partial charge in [0.25, 0.3) is 5.69 Å². The Morgan fingerprint density at radius 3 is 2.52 bits per heavy atom. The fraction of sp³-hybridized carbons (Fsp3) is 0.375. The lowest BCUT2D eigenvalue weighted by Crippen LogP contribution is -2.36. The zero-order valence-electron chi connectivity index (χ0n) is 19.3. The molecule has 1 aromatic carbocycles. The molecule has 3 rings (SSSR count). The molecular formula is C24H27N3O6. The third-order valence-corrected chi connectivity index (χ3v) is 5.81. The first-order valence-electron chi connectivity index (χ1n) is 10.5. The largest absolute Gasteiger partial charge is 0.468 e. The van der Waals surface area contributed by atoms with Gasteiger partial charge in [-0.05, 0) is 44.9 Å². The smallest absolute Gasteiger partial charge is 0.336 e. The lowest BCUT2D eigenvalue weighted by atomic mass is 9.75. The van der Waals surface area contributed by atoms with Crippen LogP contribution >= 0.6 is 0 Å². The predicted octanol–water partition coefficient (Wildman–Crippen LogP) is 3.95. The van der Waals surface area contributed by atoms with Crippen LogP contribution in [0.4, 0.5) is 5.69 Å². The van der Waals surface area contributed by atoms with Crippen LogP contribution in [0.2, 0.25) is 0 Å². The molecule has 1 aliphatic rings. The van der Waals surface area contributed by atoms with Gasteiger partial charge >= 0.3 is 11.9 Å². The number of carbonyl (C=O) groups is 2. The summed E-state index contributed by atoms with van der Waals surface area (Å²) in [6, 6.07) is 7.90. The SMILES string of the molecule is COC(=O)C1C(C)=NC(C)=C(C(=O)OCCc2cc(C)[nH]c2C)C1c1cccc([N+](=O)[O-])c1. The average molecular weight is 453 g/mol. The first-order valence-corrected chi connectivity index (χ1v) is 10.5. The number of non-ortho nitro benzene ring substituents is 1. The van der Waals surface area contributed by atoms with E-state index < -0.39 is 28.7 Å². The second kappa shape index (κ2) is 9.81. The molecule has 0 spiro atoms. The number of aryl methyl sites for hydroxylation is 2. The number of rotatable bonds is 7. The number of hydrogen-bond acceptors (Lipinski definition) is 7. The average Bonchev–Trinajstić information content (AvgIpc) is 3.09. The number of carbonyl (C=O) groups excluding carboxylic acids is 2. The minimum atomic E-state index is -0.905. The zero-order valence-corrected chi connectivity index (χ0v) is 19.3. The van der Waals surface area contributed by atoms with Gasteiger partial charge in [-0.2, -0.15) is 0 Å². The quantitative estimate of drug-likeness (QED) is 0.385. The number of nitrogens with zero attached hydrogens (tertiary/aromatic N) is 2. The van der Waals surface area contributed by atoms with E-state index >= 15 is 0 Å². The number of aliphatic imine (C=N–C) groups is 1. The van der Waals surface area contributed by atoms with E-state index in [-0.39, 0.29) is 17.9 Å². The molecule has 2 atom stereocenters. The van der Waals surface area contributed by atoms with Crippen molar-refractivity contribution in [3.05, 3.63) is 74.2 Å². The van der Waals surface area contributed by atoms with Gasteiger partial charge in [-0.1, -0.05) is 12.1 Å². The Balaban J connectivity index is 1.96. The number of nitro benzene ring substituents is 1. The molecule has 0 radical (unpaired) electrons. The van der Waals surface area contributed by atoms with Gasteiger partial charge < -0.3 is 14.5 Å². The number of methoxy groups -OCH3 is 1. The fourth-order valence-corrected chi connectivity index (χ4v) is 4.30. The highest BCUT2D eigenvalue weighted by atomic mass is 16.6. The van der Waals surface area contributed by atoms with E-state index in [9.17, 15) is 19.7 Å². The number of allylic oxidation sites excluding steroid dienone is 1. The number of esters is 2. The summed E-state index contributed by atoms with van der Waals surface area (Å²) in [5.41, 5.74) is 4.45. The van der Waals surface area contributed by atoms with E-state index in [4.69, 9.17) is 9.47 Å². The Hall–Kier alpha value is -3.75. The van der Waals surface area contributed by atoms with E-state index in [1.807, 2.05) is 19.9 Å². The van der Waals surface area contributed by atoms with Crippen molar-refractivity contribution in [2.45, 2.75) is 40.0 Å². The molecule has 0 bridgehead atoms. The summed E-state index contributed by atoms with van der Waals surface area (Å²) in [4.78, 5) is 44.3. The molecule has 0 aliphatic carbocycles. The summed E-state index contributed by atoms with van der Waals surface area (Å²) < 4.78 is 10.6. The van der Waals surface area contributed by atoms with Crippen molar-refractivity contribution in [3.63, 3.8) is 0 Å². The third-order valence-electron chi connectivity index (χ3n) is 5.81. The molecule has 2 unspecified atom stereocenters. The normalized spacial score (nSPS) is 18.0. The van der Waals surface area contributed by atoms with Crippen LogP contribution in [0, 0.1) is 29.9 Å². The van der Waals surface area contributed by atoms with Crippen molar-refractivity contribution in [1.29, 1.82) is 0 Å². The number of benzene rings is 1. The molecule has 0 saturated heterocycles. The van der Waals surface area contributed by atoms with E-state index in [1.54, 1.807) is 19.9 Å². The van der Waals surface area contributed by atoms with E-state index in [0.29, 0.717) is 23.4 Å². The first-order chi connectivity index (χ1) is 15.6. The molecule has 0 saturated carbocycles. The maximum absolute atomic E-state index is 13.2. The summed E-state index contributed by atoms with van der Waals surface area (Å²) in [6.45, 7) is 7.39. The highest BCUT2D eigenvalue weighted by molar-refractivity contribution is 6.07. The Bertz CT molecular complexity index is 1160. The molecule has 0 fully saturated rings. The highest BCUT2D eigenvalue weighted by Crippen LogP contribution is 2.40. The van der Waals surface area contributed by atoms with Gasteiger partial charge in [-0.3, -0.25) is 19.9 Å². The van der Waals surface area contributed by atoms with Crippen molar-refractivity contribution in [3.8, 4) is 0 Å². The molecule has 2 aromatic rings. The minimum absolute atomic E-state index is 0.139. The maximum atomic E-state index is 13.2. The van der Waals surface area contributed by atoms with E-state index in [2.05, 4.69) is 9.98 Å². The first kappa shape index (κ1) is 23.9. The van der Waals surface area contributed by atoms with Gasteiger partial charge in [0.05, 0.1) is 24.2 Å². The topological polar surface area (TPSA) is 124 Å². The summed E-state index contributed by atoms with van der Waals surface area (Å²) >= 11 is 0. The molecular weight excluding hydrogens is 426 g/mol. The van der Waals surface area contributed by atoms with Crippen LogP contribution in [0.5, 0.6) is 0 Å². The lowest BCUT2D eigenvalue weighted by molar-refractivity contribution is -0.384. The predicted molar refractivity (Wildman–Crippen MR) is 122 cm³/mol. The number of H-pyrrole nitrogens is 1. The molecule has 9 nitrogen and oxygen atoms in total. The van der Waals surface area contributed by atoms with Crippen molar-refractivity contribution in [2.75, 3.05) is 13.7 Å². The molecule has 174 valence electrons. The molecule has 33 heavy (non-hydrogen) atoms. The van der Waals surface area contributed by atoms with Crippen molar-refractivity contribution in [1.82, 2.24) is 4.98 Å². The monoisotopic (exact) mass is 453 g/mol. The Labute approximate surface area is 191 Å². The standard InChI is InChI=1S/C24H27N3O6/c1-13-11-17(14(2)25-13)9-10-33-24(29)21-16(4)26-15(3)20(23(28)32-5)22(21)18-7-6-8-19(12-18)27(30)31/h6-8,11-12,20,22,25H,9-10H2,1-5H3. The Morgan fingerprint density at radius 2 is 1.91 bits per heavy atom. The maximum Gasteiger partial charge on any atom is 0.336 e. The highest BCUT2D eigenvalue weighted by Gasteiger charge is 2.42. The van der Waals surface area contributed by atoms with Crippen molar-refractivity contribution >= 4 is 23.3 Å². The van der Waals surface area contributed by atoms with Gasteiger partial charge in [-0.25, -0.2) is 4.79 Å². The molecule has 2 heterocycles. The van der Waals surface area contributed by atoms with Gasteiger partial charge in [0, 0.05) is 47.3 Å². The van der Waals surface area contributed by atoms with Crippen molar-refractivity contribution < 1.29 is 24.0 Å². The number of aromatic amines is 1. The minimum Gasteiger partial charge on any atom is -0.468 e. The van der Waals surface area contributed by atoms with Crippen LogP contribution in [0.25, 0.3) is 0 Å². The summed E-state index contributed by atoms with van der Waals surface area (Å²) in [5, 5.41) is 11.3. The van der Waals surface area contributed by atoms with Gasteiger partial charge in [-0.15, -0.1) is 0 Å². The Morgan fingerprint density at radius 1 is 1.18 bits per heavy atom. The van der Waals surface area contributed by atoms with Crippen LogP contribution in [-0.4, -0.2) is 41.3 Å². The number of ether oxygens (including phenoxy) is 2. The summed E-state index contributed by atoms with van der Waals surface area (Å²) in [6.07, 6.45) is 0.526. The van der Waals surface area contributed by atoms with E-state index in [1.165, 1.54) is 25.3 Å². The number of aromatic nitrogens is 1. The third kappa shape index (κ3) is 5.02. The molecule has 9 heteroatoms. The van der Waals surface area contributed by atoms with Crippen molar-refractivity contribution in [2.24, 2.45) is 10.9 Å². The molecule has 1 aromatic heterocycles. The second-order valence-electron chi connectivity index (χ2n) is 8.07. The zero-order chi connectivity index (χ0) is 24.3. The molecule has 1 aliphatic heterocycles. The van der Waals surface area contributed by atoms with Crippen LogP contribution in [-0.2, 0) is 25.5 Å². The van der Waals surface area contributed by atoms with Crippen LogP contribution in [0.3, 0.4) is 0 Å². The fourth-order valence-electron chi connectivity index (χ4n) is 4.30. The summed E-state index contributed by atoms with van der Waals surface area (Å²) in [7, 11) is 1.25. The number of nitrogens with one attached hydrogen (secondary N) is 1. The van der Waals surface area contributed by atoms with E-state index in [0.717, 1.165) is 17.0 Å².